The molecule has 1 aliphatic heterocycles. The van der Waals surface area contributed by atoms with Gasteiger partial charge < -0.3 is 4.98 Å². The second kappa shape index (κ2) is 4.36. The fourth-order valence-electron chi connectivity index (χ4n) is 1.74. The Morgan fingerprint density at radius 1 is 1.71 bits per heavy atom. The summed E-state index contributed by atoms with van der Waals surface area (Å²) in [4.78, 5) is 10.1. The Morgan fingerprint density at radius 3 is 3.21 bits per heavy atom. The number of aromatic nitrogens is 2. The topological polar surface area (TPSA) is 31.9 Å². The van der Waals surface area contributed by atoms with Crippen LogP contribution in [0.5, 0.6) is 0 Å². The largest absolute Gasteiger partial charge is 0.345 e. The average Bonchev–Trinajstić information content (AvgIpc) is 2.56. The molecule has 1 N–H and O–H groups in total. The van der Waals surface area contributed by atoms with Crippen molar-refractivity contribution in [1.29, 1.82) is 0 Å². The Labute approximate surface area is 89.3 Å². The summed E-state index contributed by atoms with van der Waals surface area (Å²) >= 11 is 2.05. The quantitative estimate of drug-likeness (QED) is 0.807. The summed E-state index contributed by atoms with van der Waals surface area (Å²) in [7, 11) is 0. The van der Waals surface area contributed by atoms with Gasteiger partial charge in [-0.2, -0.15) is 11.8 Å². The second-order valence-electron chi connectivity index (χ2n) is 3.91. The molecule has 0 aliphatic carbocycles. The molecule has 14 heavy (non-hydrogen) atoms. The van der Waals surface area contributed by atoms with E-state index in [-0.39, 0.29) is 0 Å². The van der Waals surface area contributed by atoms with Crippen LogP contribution < -0.4 is 0 Å². The highest BCUT2D eigenvalue weighted by molar-refractivity contribution is 7.99. The summed E-state index contributed by atoms with van der Waals surface area (Å²) in [5, 5.41) is 0. The number of imidazole rings is 1. The number of nitrogens with one attached hydrogen (secondary N) is 1. The lowest BCUT2D eigenvalue weighted by molar-refractivity contribution is 0.219. The first-order valence-electron chi connectivity index (χ1n) is 5.08. The van der Waals surface area contributed by atoms with Gasteiger partial charge in [0.2, 0.25) is 0 Å². The Hall–Kier alpha value is -0.480. The average molecular weight is 211 g/mol. The van der Waals surface area contributed by atoms with Crippen molar-refractivity contribution in [3.63, 3.8) is 0 Å². The van der Waals surface area contributed by atoms with E-state index in [0.29, 0.717) is 6.04 Å². The fourth-order valence-corrected chi connectivity index (χ4v) is 2.82. The van der Waals surface area contributed by atoms with E-state index in [1.165, 1.54) is 18.1 Å². The number of aryl methyl sites for hydroxylation is 1. The molecule has 1 unspecified atom stereocenters. The minimum absolute atomic E-state index is 0.680. The van der Waals surface area contributed by atoms with Crippen molar-refractivity contribution in [2.75, 3.05) is 18.1 Å². The van der Waals surface area contributed by atoms with Gasteiger partial charge in [-0.3, -0.25) is 4.90 Å². The number of hydrogen-bond acceptors (Lipinski definition) is 3. The predicted octanol–water partition coefficient (Wildman–Crippen LogP) is 1.66. The number of H-pyrrole nitrogens is 1. The molecule has 0 bridgehead atoms. The molecule has 0 saturated carbocycles. The van der Waals surface area contributed by atoms with Gasteiger partial charge in [-0.25, -0.2) is 4.98 Å². The van der Waals surface area contributed by atoms with E-state index in [4.69, 9.17) is 0 Å². The van der Waals surface area contributed by atoms with Crippen LogP contribution >= 0.6 is 11.8 Å². The van der Waals surface area contributed by atoms with Crippen LogP contribution in [-0.4, -0.2) is 39.0 Å². The highest BCUT2D eigenvalue weighted by Gasteiger charge is 2.19. The van der Waals surface area contributed by atoms with Gasteiger partial charge in [0.1, 0.15) is 5.82 Å². The van der Waals surface area contributed by atoms with Crippen molar-refractivity contribution in [2.45, 2.75) is 26.4 Å². The number of rotatable bonds is 2. The Kier molecular flexibility index (Phi) is 3.13. The molecular formula is C10H17N3S. The lowest BCUT2D eigenvalue weighted by Crippen LogP contribution is -2.39. The smallest absolute Gasteiger partial charge is 0.120 e. The van der Waals surface area contributed by atoms with Crippen LogP contribution in [0, 0.1) is 6.92 Å². The normalized spacial score (nSPS) is 24.0. The van der Waals surface area contributed by atoms with Crippen molar-refractivity contribution in [1.82, 2.24) is 14.9 Å². The molecular weight excluding hydrogens is 194 g/mol. The van der Waals surface area contributed by atoms with E-state index in [0.717, 1.165) is 18.1 Å². The van der Waals surface area contributed by atoms with E-state index >= 15 is 0 Å². The van der Waals surface area contributed by atoms with Gasteiger partial charge in [0.25, 0.3) is 0 Å². The maximum absolute atomic E-state index is 4.34. The third-order valence-corrected chi connectivity index (χ3v) is 3.80. The predicted molar refractivity (Wildman–Crippen MR) is 60.5 cm³/mol. The van der Waals surface area contributed by atoms with Gasteiger partial charge in [-0.05, 0) is 13.8 Å². The zero-order chi connectivity index (χ0) is 9.97. The summed E-state index contributed by atoms with van der Waals surface area (Å²) in [5.74, 6) is 3.60. The Bertz CT molecular complexity index is 297. The SMILES string of the molecule is Cc1cnc(CN2CCSCC2C)[nH]1. The van der Waals surface area contributed by atoms with E-state index < -0.39 is 0 Å². The van der Waals surface area contributed by atoms with Crippen LogP contribution in [0.1, 0.15) is 18.4 Å². The highest BCUT2D eigenvalue weighted by Crippen LogP contribution is 2.17. The summed E-state index contributed by atoms with van der Waals surface area (Å²) in [5.41, 5.74) is 1.15. The zero-order valence-corrected chi connectivity index (χ0v) is 9.60. The number of thioether (sulfide) groups is 1. The van der Waals surface area contributed by atoms with Gasteiger partial charge in [-0.1, -0.05) is 0 Å². The van der Waals surface area contributed by atoms with E-state index in [2.05, 4.69) is 33.6 Å². The van der Waals surface area contributed by atoms with Crippen molar-refractivity contribution in [3.8, 4) is 0 Å². The highest BCUT2D eigenvalue weighted by atomic mass is 32.2. The summed E-state index contributed by atoms with van der Waals surface area (Å²) in [6.45, 7) is 6.50. The second-order valence-corrected chi connectivity index (χ2v) is 5.06. The molecule has 1 aromatic heterocycles. The standard InChI is InChI=1S/C10H17N3S/c1-8-5-11-10(12-8)6-13-3-4-14-7-9(13)2/h5,9H,3-4,6-7H2,1-2H3,(H,11,12). The maximum atomic E-state index is 4.34. The lowest BCUT2D eigenvalue weighted by Gasteiger charge is -2.32. The van der Waals surface area contributed by atoms with Gasteiger partial charge in [0.15, 0.2) is 0 Å². The van der Waals surface area contributed by atoms with Crippen LogP contribution in [0.15, 0.2) is 6.20 Å². The first-order valence-corrected chi connectivity index (χ1v) is 6.23. The van der Waals surface area contributed by atoms with Gasteiger partial charge in [0.05, 0.1) is 6.54 Å². The molecule has 1 saturated heterocycles. The van der Waals surface area contributed by atoms with Crippen molar-refractivity contribution in [3.05, 3.63) is 17.7 Å². The minimum atomic E-state index is 0.680. The minimum Gasteiger partial charge on any atom is -0.345 e. The Morgan fingerprint density at radius 2 is 2.57 bits per heavy atom. The third kappa shape index (κ3) is 2.30. The molecule has 2 heterocycles. The summed E-state index contributed by atoms with van der Waals surface area (Å²) in [6.07, 6.45) is 1.90. The maximum Gasteiger partial charge on any atom is 0.120 e. The van der Waals surface area contributed by atoms with E-state index in [1.807, 2.05) is 13.1 Å². The van der Waals surface area contributed by atoms with Crippen LogP contribution in [0.25, 0.3) is 0 Å². The van der Waals surface area contributed by atoms with Crippen LogP contribution in [0.3, 0.4) is 0 Å². The molecule has 0 aromatic carbocycles. The van der Waals surface area contributed by atoms with Crippen molar-refractivity contribution >= 4 is 11.8 Å². The molecule has 78 valence electrons. The van der Waals surface area contributed by atoms with Crippen LogP contribution in [-0.2, 0) is 6.54 Å². The Balaban J connectivity index is 1.95. The van der Waals surface area contributed by atoms with Gasteiger partial charge in [0, 0.05) is 36.0 Å². The molecule has 1 fully saturated rings. The van der Waals surface area contributed by atoms with E-state index in [9.17, 15) is 0 Å². The van der Waals surface area contributed by atoms with Crippen molar-refractivity contribution < 1.29 is 0 Å². The van der Waals surface area contributed by atoms with Crippen LogP contribution in [0.4, 0.5) is 0 Å². The molecule has 0 spiro atoms. The summed E-state index contributed by atoms with van der Waals surface area (Å²) in [6, 6.07) is 0.680. The molecule has 1 atom stereocenters. The third-order valence-electron chi connectivity index (χ3n) is 2.61. The van der Waals surface area contributed by atoms with Gasteiger partial charge >= 0.3 is 0 Å². The molecule has 1 aromatic rings. The number of hydrogen-bond donors (Lipinski definition) is 1. The summed E-state index contributed by atoms with van der Waals surface area (Å²) < 4.78 is 0. The number of nitrogens with zero attached hydrogens (tertiary/aromatic N) is 2. The molecule has 4 heteroatoms. The van der Waals surface area contributed by atoms with Crippen molar-refractivity contribution in [2.24, 2.45) is 0 Å². The number of aromatic amines is 1. The lowest BCUT2D eigenvalue weighted by atomic mass is 10.3. The first-order chi connectivity index (χ1) is 6.75. The zero-order valence-electron chi connectivity index (χ0n) is 8.79. The fraction of sp³-hybridized carbons (Fsp3) is 0.700. The van der Waals surface area contributed by atoms with Gasteiger partial charge in [-0.15, -0.1) is 0 Å². The first kappa shape index (κ1) is 10.1. The molecule has 0 amide bonds. The molecule has 0 radical (unpaired) electrons. The monoisotopic (exact) mass is 211 g/mol. The van der Waals surface area contributed by atoms with E-state index in [1.54, 1.807) is 0 Å². The molecule has 2 rings (SSSR count). The molecule has 1 aliphatic rings. The molecule has 3 nitrogen and oxygen atoms in total. The van der Waals surface area contributed by atoms with Crippen LogP contribution in [0.2, 0.25) is 0 Å².